The lowest BCUT2D eigenvalue weighted by atomic mass is 10.2. The van der Waals surface area contributed by atoms with E-state index in [1.54, 1.807) is 12.1 Å². The number of carbonyl (C=O) groups excluding carboxylic acids is 1. The molecule has 2 aromatic carbocycles. The number of rotatable bonds is 4. The van der Waals surface area contributed by atoms with Crippen molar-refractivity contribution in [1.82, 2.24) is 5.32 Å². The predicted molar refractivity (Wildman–Crippen MR) is 92.2 cm³/mol. The summed E-state index contributed by atoms with van der Waals surface area (Å²) in [6, 6.07) is 14.4. The molecule has 3 nitrogen and oxygen atoms in total. The summed E-state index contributed by atoms with van der Waals surface area (Å²) < 4.78 is 13.1. The van der Waals surface area contributed by atoms with Gasteiger partial charge in [-0.25, -0.2) is 4.39 Å². The van der Waals surface area contributed by atoms with Gasteiger partial charge in [-0.15, -0.1) is 11.8 Å². The normalized spacial score (nSPS) is 16.8. The zero-order chi connectivity index (χ0) is 16.2. The number of anilines is 1. The highest BCUT2D eigenvalue weighted by molar-refractivity contribution is 8.00. The number of nitrogens with zero attached hydrogens (tertiary/aromatic N) is 1. The van der Waals surface area contributed by atoms with Crippen LogP contribution in [0.15, 0.2) is 53.4 Å². The van der Waals surface area contributed by atoms with Crippen molar-refractivity contribution in [2.45, 2.75) is 23.6 Å². The van der Waals surface area contributed by atoms with Crippen molar-refractivity contribution in [3.63, 3.8) is 0 Å². The van der Waals surface area contributed by atoms with Gasteiger partial charge in [0.1, 0.15) is 5.82 Å². The van der Waals surface area contributed by atoms with Crippen molar-refractivity contribution < 1.29 is 9.18 Å². The number of benzene rings is 2. The van der Waals surface area contributed by atoms with E-state index in [1.807, 2.05) is 30.0 Å². The second-order valence-electron chi connectivity index (χ2n) is 5.68. The molecule has 1 aliphatic heterocycles. The van der Waals surface area contributed by atoms with E-state index in [0.29, 0.717) is 18.3 Å². The van der Waals surface area contributed by atoms with Crippen LogP contribution < -0.4 is 10.2 Å². The molecule has 1 N–H and O–H groups in total. The molecule has 120 valence electrons. The minimum Gasteiger partial charge on any atom is -0.360 e. The molecule has 23 heavy (non-hydrogen) atoms. The highest BCUT2D eigenvalue weighted by Crippen LogP contribution is 2.37. The number of hydrogen-bond acceptors (Lipinski definition) is 3. The second kappa shape index (κ2) is 7.04. The average molecular weight is 330 g/mol. The van der Waals surface area contributed by atoms with E-state index in [-0.39, 0.29) is 11.7 Å². The monoisotopic (exact) mass is 330 g/mol. The Balaban J connectivity index is 1.62. The largest absolute Gasteiger partial charge is 0.360 e. The number of amides is 1. The molecule has 0 spiro atoms. The van der Waals surface area contributed by atoms with Crippen LogP contribution >= 0.6 is 11.8 Å². The Morgan fingerprint density at radius 1 is 1.30 bits per heavy atom. The lowest BCUT2D eigenvalue weighted by Gasteiger charge is -2.33. The van der Waals surface area contributed by atoms with Gasteiger partial charge in [0.2, 0.25) is 5.91 Å². The van der Waals surface area contributed by atoms with Gasteiger partial charge in [0.25, 0.3) is 0 Å². The Morgan fingerprint density at radius 2 is 2.13 bits per heavy atom. The molecule has 2 aromatic rings. The van der Waals surface area contributed by atoms with Crippen LogP contribution in [0.25, 0.3) is 0 Å². The van der Waals surface area contributed by atoms with Gasteiger partial charge in [0.15, 0.2) is 0 Å². The Morgan fingerprint density at radius 3 is 2.96 bits per heavy atom. The summed E-state index contributed by atoms with van der Waals surface area (Å²) in [5.74, 6) is -0.337. The summed E-state index contributed by atoms with van der Waals surface area (Å²) in [5.41, 5.74) is 1.87. The molecular weight excluding hydrogens is 311 g/mol. The van der Waals surface area contributed by atoms with Crippen LogP contribution in [0.2, 0.25) is 0 Å². The quantitative estimate of drug-likeness (QED) is 0.932. The summed E-state index contributed by atoms with van der Waals surface area (Å²) in [5, 5.41) is 3.31. The molecule has 0 bridgehead atoms. The van der Waals surface area contributed by atoms with Crippen molar-refractivity contribution >= 4 is 23.4 Å². The van der Waals surface area contributed by atoms with E-state index < -0.39 is 0 Å². The molecule has 1 amide bonds. The number of para-hydroxylation sites is 1. The Hall–Kier alpha value is -2.01. The lowest BCUT2D eigenvalue weighted by Crippen LogP contribution is -2.41. The molecule has 0 saturated carbocycles. The third-order valence-corrected chi connectivity index (χ3v) is 4.88. The fraction of sp³-hybridized carbons (Fsp3) is 0.278. The summed E-state index contributed by atoms with van der Waals surface area (Å²) in [6.07, 6.45) is 0. The van der Waals surface area contributed by atoms with Crippen LogP contribution in [0.5, 0.6) is 0 Å². The van der Waals surface area contributed by atoms with E-state index in [0.717, 1.165) is 17.8 Å². The summed E-state index contributed by atoms with van der Waals surface area (Å²) >= 11 is 1.84. The maximum absolute atomic E-state index is 13.1. The van der Waals surface area contributed by atoms with Crippen LogP contribution in [0.1, 0.15) is 12.5 Å². The lowest BCUT2D eigenvalue weighted by molar-refractivity contribution is -0.119. The fourth-order valence-electron chi connectivity index (χ4n) is 2.71. The molecule has 0 radical (unpaired) electrons. The van der Waals surface area contributed by atoms with Gasteiger partial charge in [-0.2, -0.15) is 0 Å². The number of halogens is 1. The number of hydrogen-bond donors (Lipinski definition) is 1. The van der Waals surface area contributed by atoms with E-state index in [1.165, 1.54) is 17.0 Å². The minimum atomic E-state index is -0.285. The fourth-order valence-corrected chi connectivity index (χ4v) is 3.87. The van der Waals surface area contributed by atoms with Crippen LogP contribution in [0.4, 0.5) is 10.1 Å². The maximum atomic E-state index is 13.1. The van der Waals surface area contributed by atoms with Crippen LogP contribution in [0.3, 0.4) is 0 Å². The molecule has 0 saturated heterocycles. The smallest absolute Gasteiger partial charge is 0.239 e. The maximum Gasteiger partial charge on any atom is 0.239 e. The summed E-state index contributed by atoms with van der Waals surface area (Å²) in [6.45, 7) is 3.67. The highest BCUT2D eigenvalue weighted by Gasteiger charge is 2.23. The van der Waals surface area contributed by atoms with Gasteiger partial charge in [-0.05, 0) is 29.8 Å². The molecule has 0 fully saturated rings. The first kappa shape index (κ1) is 15.9. The van der Waals surface area contributed by atoms with Gasteiger partial charge >= 0.3 is 0 Å². The number of carbonyl (C=O) groups is 1. The predicted octanol–water partition coefficient (Wildman–Crippen LogP) is 3.44. The topological polar surface area (TPSA) is 32.3 Å². The molecule has 1 heterocycles. The molecular formula is C18H19FN2OS. The first-order valence-corrected chi connectivity index (χ1v) is 8.51. The third-order valence-electron chi connectivity index (χ3n) is 3.72. The number of nitrogens with one attached hydrogen (secondary N) is 1. The Labute approximate surface area is 139 Å². The standard InChI is InChI=1S/C18H19FN2OS/c1-13-11-21(16-7-2-3-8-17(16)23-13)12-18(22)20-10-14-5-4-6-15(19)9-14/h2-9,13H,10-12H2,1H3,(H,20,22). The zero-order valence-electron chi connectivity index (χ0n) is 13.0. The molecule has 0 aliphatic carbocycles. The SMILES string of the molecule is CC1CN(CC(=O)NCc2cccc(F)c2)c2ccccc2S1. The first-order chi connectivity index (χ1) is 11.1. The van der Waals surface area contributed by atoms with Crippen molar-refractivity contribution in [3.8, 4) is 0 Å². The number of fused-ring (bicyclic) bond motifs is 1. The van der Waals surface area contributed by atoms with E-state index >= 15 is 0 Å². The highest BCUT2D eigenvalue weighted by atomic mass is 32.2. The molecule has 3 rings (SSSR count). The molecule has 1 atom stereocenters. The Bertz CT molecular complexity index is 707. The van der Waals surface area contributed by atoms with Gasteiger partial charge < -0.3 is 10.2 Å². The van der Waals surface area contributed by atoms with Gasteiger partial charge in [0, 0.05) is 23.2 Å². The van der Waals surface area contributed by atoms with Crippen molar-refractivity contribution in [3.05, 3.63) is 59.9 Å². The van der Waals surface area contributed by atoms with Gasteiger partial charge in [-0.1, -0.05) is 31.2 Å². The summed E-state index contributed by atoms with van der Waals surface area (Å²) in [7, 11) is 0. The van der Waals surface area contributed by atoms with Gasteiger partial charge in [-0.3, -0.25) is 4.79 Å². The molecule has 5 heteroatoms. The van der Waals surface area contributed by atoms with Crippen molar-refractivity contribution in [1.29, 1.82) is 0 Å². The molecule has 1 aliphatic rings. The zero-order valence-corrected chi connectivity index (χ0v) is 13.8. The molecule has 0 aromatic heterocycles. The van der Waals surface area contributed by atoms with Crippen LogP contribution in [0, 0.1) is 5.82 Å². The van der Waals surface area contributed by atoms with Gasteiger partial charge in [0.05, 0.1) is 12.2 Å². The number of thioether (sulfide) groups is 1. The second-order valence-corrected chi connectivity index (χ2v) is 7.16. The van der Waals surface area contributed by atoms with E-state index in [4.69, 9.17) is 0 Å². The van der Waals surface area contributed by atoms with Crippen molar-refractivity contribution in [2.75, 3.05) is 18.0 Å². The first-order valence-electron chi connectivity index (χ1n) is 7.63. The minimum absolute atomic E-state index is 0.0526. The third kappa shape index (κ3) is 4.05. The van der Waals surface area contributed by atoms with Crippen molar-refractivity contribution in [2.24, 2.45) is 0 Å². The summed E-state index contributed by atoms with van der Waals surface area (Å²) in [4.78, 5) is 15.6. The average Bonchev–Trinajstić information content (AvgIpc) is 2.53. The molecule has 1 unspecified atom stereocenters. The van der Waals surface area contributed by atoms with E-state index in [2.05, 4.69) is 23.2 Å². The van der Waals surface area contributed by atoms with E-state index in [9.17, 15) is 9.18 Å². The van der Waals surface area contributed by atoms with Crippen LogP contribution in [-0.2, 0) is 11.3 Å². The van der Waals surface area contributed by atoms with Crippen LogP contribution in [-0.4, -0.2) is 24.2 Å². The Kier molecular flexibility index (Phi) is 4.86.